The Labute approximate surface area is 157 Å². The summed E-state index contributed by atoms with van der Waals surface area (Å²) >= 11 is 1.49. The van der Waals surface area contributed by atoms with Gasteiger partial charge in [-0.2, -0.15) is 0 Å². The molecule has 0 saturated heterocycles. The van der Waals surface area contributed by atoms with E-state index < -0.39 is 17.4 Å². The second kappa shape index (κ2) is 7.93. The Morgan fingerprint density at radius 3 is 2.38 bits per heavy atom. The third-order valence-electron chi connectivity index (χ3n) is 4.61. The molecule has 3 N–H and O–H groups in total. The van der Waals surface area contributed by atoms with Crippen LogP contribution in [0.5, 0.6) is 0 Å². The Hall–Kier alpha value is -2.31. The number of thioether (sulfide) groups is 1. The highest BCUT2D eigenvalue weighted by Crippen LogP contribution is 2.45. The fourth-order valence-electron chi connectivity index (χ4n) is 2.99. The van der Waals surface area contributed by atoms with E-state index in [4.69, 9.17) is 0 Å². The van der Waals surface area contributed by atoms with Gasteiger partial charge in [-0.3, -0.25) is 9.59 Å². The maximum Gasteiger partial charge on any atom is 0.313 e. The normalized spacial score (nSPS) is 15.8. The van der Waals surface area contributed by atoms with Crippen molar-refractivity contribution in [3.8, 4) is 0 Å². The highest BCUT2D eigenvalue weighted by molar-refractivity contribution is 7.98. The first-order chi connectivity index (χ1) is 12.5. The monoisotopic (exact) mass is 370 g/mol. The molecule has 1 fully saturated rings. The van der Waals surface area contributed by atoms with Crippen LogP contribution in [0.2, 0.25) is 0 Å². The SMILES string of the molecule is CSc1ccccc1NC(=O)C(=O)NC[C@](O)(c1ccccc1)C1CC1. The molecule has 1 saturated carbocycles. The predicted molar refractivity (Wildman–Crippen MR) is 103 cm³/mol. The van der Waals surface area contributed by atoms with Crippen molar-refractivity contribution >= 4 is 29.3 Å². The van der Waals surface area contributed by atoms with E-state index in [0.717, 1.165) is 23.3 Å². The number of anilines is 1. The zero-order valence-corrected chi connectivity index (χ0v) is 15.4. The van der Waals surface area contributed by atoms with Crippen molar-refractivity contribution < 1.29 is 14.7 Å². The molecule has 6 heteroatoms. The Morgan fingerprint density at radius 2 is 1.73 bits per heavy atom. The third kappa shape index (κ3) is 4.08. The molecule has 0 heterocycles. The smallest absolute Gasteiger partial charge is 0.313 e. The van der Waals surface area contributed by atoms with Crippen molar-refractivity contribution in [1.29, 1.82) is 0 Å². The average Bonchev–Trinajstić information content (AvgIpc) is 3.52. The van der Waals surface area contributed by atoms with E-state index >= 15 is 0 Å². The zero-order valence-electron chi connectivity index (χ0n) is 14.6. The maximum absolute atomic E-state index is 12.2. The zero-order chi connectivity index (χ0) is 18.6. The van der Waals surface area contributed by atoms with Crippen molar-refractivity contribution in [3.05, 3.63) is 60.2 Å². The Morgan fingerprint density at radius 1 is 1.08 bits per heavy atom. The van der Waals surface area contributed by atoms with Crippen molar-refractivity contribution in [2.45, 2.75) is 23.3 Å². The minimum Gasteiger partial charge on any atom is -0.383 e. The van der Waals surface area contributed by atoms with Gasteiger partial charge in [0.25, 0.3) is 0 Å². The molecule has 1 atom stereocenters. The molecule has 0 bridgehead atoms. The lowest BCUT2D eigenvalue weighted by molar-refractivity contribution is -0.137. The van der Waals surface area contributed by atoms with Crippen molar-refractivity contribution in [2.75, 3.05) is 18.1 Å². The summed E-state index contributed by atoms with van der Waals surface area (Å²) in [6.07, 6.45) is 3.73. The largest absolute Gasteiger partial charge is 0.383 e. The molecule has 0 aromatic heterocycles. The Kier molecular flexibility index (Phi) is 5.64. The number of carbonyl (C=O) groups is 2. The summed E-state index contributed by atoms with van der Waals surface area (Å²) in [5.74, 6) is -1.39. The van der Waals surface area contributed by atoms with Crippen LogP contribution >= 0.6 is 11.8 Å². The van der Waals surface area contributed by atoms with Gasteiger partial charge in [-0.1, -0.05) is 42.5 Å². The molecule has 1 aliphatic rings. The van der Waals surface area contributed by atoms with E-state index in [0.29, 0.717) is 5.69 Å². The van der Waals surface area contributed by atoms with Crippen LogP contribution < -0.4 is 10.6 Å². The minimum atomic E-state index is -1.14. The van der Waals surface area contributed by atoms with Crippen LogP contribution in [0.4, 0.5) is 5.69 Å². The molecule has 2 aromatic rings. The van der Waals surface area contributed by atoms with Crippen LogP contribution in [0, 0.1) is 5.92 Å². The molecule has 0 spiro atoms. The molecule has 0 aliphatic heterocycles. The van der Waals surface area contributed by atoms with Crippen LogP contribution in [0.1, 0.15) is 18.4 Å². The summed E-state index contributed by atoms with van der Waals surface area (Å²) in [4.78, 5) is 25.3. The molecule has 2 aromatic carbocycles. The molecule has 0 unspecified atom stereocenters. The van der Waals surface area contributed by atoms with Crippen molar-refractivity contribution in [1.82, 2.24) is 5.32 Å². The van der Waals surface area contributed by atoms with E-state index in [1.54, 1.807) is 12.1 Å². The minimum absolute atomic E-state index is 0.0120. The number of benzene rings is 2. The molecular formula is C20H22N2O3S. The molecule has 2 amide bonds. The van der Waals surface area contributed by atoms with Crippen LogP contribution in [0.3, 0.4) is 0 Å². The van der Waals surface area contributed by atoms with Crippen LogP contribution in [-0.2, 0) is 15.2 Å². The van der Waals surface area contributed by atoms with Gasteiger partial charge in [-0.15, -0.1) is 11.8 Å². The number of amides is 2. The van der Waals surface area contributed by atoms with E-state index in [9.17, 15) is 14.7 Å². The van der Waals surface area contributed by atoms with Gasteiger partial charge in [-0.25, -0.2) is 0 Å². The average molecular weight is 370 g/mol. The van der Waals surface area contributed by atoms with Crippen LogP contribution in [0.25, 0.3) is 0 Å². The van der Waals surface area contributed by atoms with E-state index in [-0.39, 0.29) is 12.5 Å². The summed E-state index contributed by atoms with van der Waals surface area (Å²) in [7, 11) is 0. The lowest BCUT2D eigenvalue weighted by atomic mass is 9.88. The fraction of sp³-hybridized carbons (Fsp3) is 0.300. The van der Waals surface area contributed by atoms with Gasteiger partial charge in [0.05, 0.1) is 12.2 Å². The van der Waals surface area contributed by atoms with Gasteiger partial charge >= 0.3 is 11.8 Å². The molecule has 1 aliphatic carbocycles. The first-order valence-corrected chi connectivity index (χ1v) is 9.77. The molecule has 26 heavy (non-hydrogen) atoms. The number of rotatable bonds is 6. The molecule has 5 nitrogen and oxygen atoms in total. The van der Waals surface area contributed by atoms with Gasteiger partial charge in [0.15, 0.2) is 0 Å². The van der Waals surface area contributed by atoms with Gasteiger partial charge in [0.1, 0.15) is 5.60 Å². The van der Waals surface area contributed by atoms with E-state index in [2.05, 4.69) is 10.6 Å². The van der Waals surface area contributed by atoms with Gasteiger partial charge in [0, 0.05) is 4.90 Å². The number of hydrogen-bond donors (Lipinski definition) is 3. The maximum atomic E-state index is 12.2. The summed E-state index contributed by atoms with van der Waals surface area (Å²) in [6.45, 7) is 0.0120. The predicted octanol–water partition coefficient (Wildman–Crippen LogP) is 2.76. The Bertz CT molecular complexity index is 793. The number of para-hydroxylation sites is 1. The van der Waals surface area contributed by atoms with E-state index in [1.165, 1.54) is 11.8 Å². The third-order valence-corrected chi connectivity index (χ3v) is 5.40. The second-order valence-corrected chi connectivity index (χ2v) is 7.25. The molecular weight excluding hydrogens is 348 g/mol. The van der Waals surface area contributed by atoms with Crippen LogP contribution in [0.15, 0.2) is 59.5 Å². The first kappa shape index (κ1) is 18.5. The van der Waals surface area contributed by atoms with Crippen molar-refractivity contribution in [3.63, 3.8) is 0 Å². The number of aliphatic hydroxyl groups is 1. The van der Waals surface area contributed by atoms with Gasteiger partial charge in [-0.05, 0) is 42.7 Å². The first-order valence-electron chi connectivity index (χ1n) is 8.54. The fourth-order valence-corrected chi connectivity index (χ4v) is 3.55. The van der Waals surface area contributed by atoms with Crippen molar-refractivity contribution in [2.24, 2.45) is 5.92 Å². The summed E-state index contributed by atoms with van der Waals surface area (Å²) < 4.78 is 0. The summed E-state index contributed by atoms with van der Waals surface area (Å²) in [6, 6.07) is 16.6. The van der Waals surface area contributed by atoms with Gasteiger partial charge in [0.2, 0.25) is 0 Å². The number of nitrogens with one attached hydrogen (secondary N) is 2. The summed E-state index contributed by atoms with van der Waals surface area (Å²) in [5.41, 5.74) is 0.213. The number of hydrogen-bond acceptors (Lipinski definition) is 4. The standard InChI is InChI=1S/C20H22N2O3S/c1-26-17-10-6-5-9-16(17)22-19(24)18(23)21-13-20(25,15-11-12-15)14-7-3-2-4-8-14/h2-10,15,25H,11-13H2,1H3,(H,21,23)(H,22,24)/t20-/m0/s1. The van der Waals surface area contributed by atoms with Gasteiger partial charge < -0.3 is 15.7 Å². The Balaban J connectivity index is 1.64. The topological polar surface area (TPSA) is 78.4 Å². The lowest BCUT2D eigenvalue weighted by Gasteiger charge is -2.29. The molecule has 0 radical (unpaired) electrons. The number of carbonyl (C=O) groups excluding carboxylic acids is 2. The van der Waals surface area contributed by atoms with Crippen LogP contribution in [-0.4, -0.2) is 29.7 Å². The van der Waals surface area contributed by atoms with E-state index in [1.807, 2.05) is 48.7 Å². The quantitative estimate of drug-likeness (QED) is 0.540. The molecule has 136 valence electrons. The summed E-state index contributed by atoms with van der Waals surface area (Å²) in [5, 5.41) is 16.3. The second-order valence-electron chi connectivity index (χ2n) is 6.40. The molecule has 3 rings (SSSR count). The highest BCUT2D eigenvalue weighted by atomic mass is 32.2. The lowest BCUT2D eigenvalue weighted by Crippen LogP contribution is -2.45. The highest BCUT2D eigenvalue weighted by Gasteiger charge is 2.45.